The van der Waals surface area contributed by atoms with Gasteiger partial charge in [0.25, 0.3) is 0 Å². The number of primary amides is 1. The van der Waals surface area contributed by atoms with E-state index in [2.05, 4.69) is 10.1 Å². The summed E-state index contributed by atoms with van der Waals surface area (Å²) in [5.41, 5.74) is 6.04. The Bertz CT molecular complexity index is 410. The van der Waals surface area contributed by atoms with Gasteiger partial charge in [0.05, 0.1) is 0 Å². The van der Waals surface area contributed by atoms with Crippen LogP contribution in [-0.2, 0) is 4.79 Å². The normalized spacial score (nSPS) is 12.4. The molecule has 1 amide bonds. The second kappa shape index (κ2) is 8.47. The molecule has 0 saturated heterocycles. The number of carbonyl (C=O) groups is 1. The first-order valence-electron chi connectivity index (χ1n) is 6.55. The summed E-state index contributed by atoms with van der Waals surface area (Å²) in [5.74, 6) is -0.134. The van der Waals surface area contributed by atoms with Crippen LogP contribution in [0.25, 0.3) is 0 Å². The Morgan fingerprint density at radius 3 is 2.50 bits per heavy atom. The highest BCUT2D eigenvalue weighted by atomic mass is 19.3. The summed E-state index contributed by atoms with van der Waals surface area (Å²) in [6, 6.07) is 6.64. The molecule has 1 unspecified atom stereocenters. The van der Waals surface area contributed by atoms with Crippen molar-refractivity contribution in [3.63, 3.8) is 0 Å². The number of hydrogen-bond acceptors (Lipinski definition) is 3. The molecule has 1 rings (SSSR count). The van der Waals surface area contributed by atoms with E-state index in [0.29, 0.717) is 6.42 Å². The summed E-state index contributed by atoms with van der Waals surface area (Å²) >= 11 is 0. The number of nitrogens with two attached hydrogens (primary N) is 1. The molecule has 6 heteroatoms. The highest BCUT2D eigenvalue weighted by Gasteiger charge is 2.07. The van der Waals surface area contributed by atoms with Crippen LogP contribution in [0.2, 0.25) is 0 Å². The molecule has 3 N–H and O–H groups in total. The number of benzene rings is 1. The summed E-state index contributed by atoms with van der Waals surface area (Å²) in [7, 11) is 0. The van der Waals surface area contributed by atoms with Crippen LogP contribution in [0.3, 0.4) is 0 Å². The lowest BCUT2D eigenvalue weighted by Crippen LogP contribution is -2.20. The van der Waals surface area contributed by atoms with E-state index in [-0.39, 0.29) is 17.7 Å². The van der Waals surface area contributed by atoms with Gasteiger partial charge in [-0.25, -0.2) is 0 Å². The third-order valence-corrected chi connectivity index (χ3v) is 2.91. The molecule has 0 radical (unpaired) electrons. The standard InChI is InChI=1S/C14H20F2N2O2/c1-10(18-9-3-2-4-13(17)19)11-5-7-12(8-6-11)20-14(15)16/h5-8,10,14,18H,2-4,9H2,1H3,(H2,17,19). The van der Waals surface area contributed by atoms with Crippen LogP contribution in [0.4, 0.5) is 8.78 Å². The molecule has 0 spiro atoms. The van der Waals surface area contributed by atoms with E-state index in [0.717, 1.165) is 24.9 Å². The van der Waals surface area contributed by atoms with Crippen molar-refractivity contribution < 1.29 is 18.3 Å². The molecule has 0 saturated carbocycles. The number of rotatable bonds is 9. The van der Waals surface area contributed by atoms with Crippen LogP contribution in [-0.4, -0.2) is 19.1 Å². The molecule has 0 aliphatic rings. The Morgan fingerprint density at radius 2 is 1.95 bits per heavy atom. The number of nitrogens with one attached hydrogen (secondary N) is 1. The maximum absolute atomic E-state index is 12.0. The van der Waals surface area contributed by atoms with Crippen LogP contribution in [0.1, 0.15) is 37.8 Å². The van der Waals surface area contributed by atoms with Crippen molar-refractivity contribution in [2.24, 2.45) is 5.73 Å². The number of halogens is 2. The molecule has 0 aromatic heterocycles. The Labute approximate surface area is 117 Å². The average Bonchev–Trinajstić information content (AvgIpc) is 2.38. The van der Waals surface area contributed by atoms with Gasteiger partial charge in [-0.3, -0.25) is 4.79 Å². The molecule has 1 aromatic rings. The molecule has 1 atom stereocenters. The second-order valence-electron chi connectivity index (χ2n) is 4.55. The van der Waals surface area contributed by atoms with Crippen LogP contribution in [0.15, 0.2) is 24.3 Å². The SMILES string of the molecule is CC(NCCCCC(N)=O)c1ccc(OC(F)F)cc1. The van der Waals surface area contributed by atoms with Crippen LogP contribution < -0.4 is 15.8 Å². The van der Waals surface area contributed by atoms with Gasteiger partial charge in [-0.05, 0) is 44.0 Å². The van der Waals surface area contributed by atoms with Gasteiger partial charge in [-0.2, -0.15) is 8.78 Å². The molecular formula is C14H20F2N2O2. The number of carbonyl (C=O) groups excluding carboxylic acids is 1. The zero-order chi connectivity index (χ0) is 15.0. The second-order valence-corrected chi connectivity index (χ2v) is 4.55. The van der Waals surface area contributed by atoms with E-state index in [1.807, 2.05) is 6.92 Å². The summed E-state index contributed by atoms with van der Waals surface area (Å²) in [4.78, 5) is 10.6. The number of ether oxygens (including phenoxy) is 1. The van der Waals surface area contributed by atoms with Crippen molar-refractivity contribution in [1.82, 2.24) is 5.32 Å². The molecule has 1 aromatic carbocycles. The zero-order valence-electron chi connectivity index (χ0n) is 11.4. The Balaban J connectivity index is 2.32. The lowest BCUT2D eigenvalue weighted by molar-refractivity contribution is -0.118. The molecule has 0 heterocycles. The largest absolute Gasteiger partial charge is 0.435 e. The minimum atomic E-state index is -2.80. The monoisotopic (exact) mass is 286 g/mol. The molecule has 20 heavy (non-hydrogen) atoms. The van der Waals surface area contributed by atoms with E-state index >= 15 is 0 Å². The predicted octanol–water partition coefficient (Wildman–Crippen LogP) is 2.59. The average molecular weight is 286 g/mol. The van der Waals surface area contributed by atoms with Crippen LogP contribution >= 0.6 is 0 Å². The van der Waals surface area contributed by atoms with E-state index in [4.69, 9.17) is 5.73 Å². The molecule has 0 aliphatic heterocycles. The van der Waals surface area contributed by atoms with Crippen molar-refractivity contribution in [3.8, 4) is 5.75 Å². The number of amides is 1. The first kappa shape index (κ1) is 16.4. The van der Waals surface area contributed by atoms with Crippen molar-refractivity contribution in [2.45, 2.75) is 38.8 Å². The van der Waals surface area contributed by atoms with Gasteiger partial charge >= 0.3 is 6.61 Å². The number of hydrogen-bond donors (Lipinski definition) is 2. The van der Waals surface area contributed by atoms with Gasteiger partial charge < -0.3 is 15.8 Å². The molecule has 112 valence electrons. The van der Waals surface area contributed by atoms with Gasteiger partial charge in [-0.15, -0.1) is 0 Å². The fraction of sp³-hybridized carbons (Fsp3) is 0.500. The lowest BCUT2D eigenvalue weighted by atomic mass is 10.1. The molecule has 0 aliphatic carbocycles. The molecule has 0 bridgehead atoms. The van der Waals surface area contributed by atoms with Crippen LogP contribution in [0.5, 0.6) is 5.75 Å². The third kappa shape index (κ3) is 6.47. The lowest BCUT2D eigenvalue weighted by Gasteiger charge is -2.14. The molecule has 4 nitrogen and oxygen atoms in total. The first-order chi connectivity index (χ1) is 9.49. The fourth-order valence-corrected chi connectivity index (χ4v) is 1.80. The summed E-state index contributed by atoms with van der Waals surface area (Å²) < 4.78 is 28.3. The van der Waals surface area contributed by atoms with Crippen molar-refractivity contribution in [2.75, 3.05) is 6.54 Å². The maximum Gasteiger partial charge on any atom is 0.387 e. The van der Waals surface area contributed by atoms with Crippen molar-refractivity contribution in [1.29, 1.82) is 0 Å². The van der Waals surface area contributed by atoms with E-state index in [1.165, 1.54) is 12.1 Å². The Kier molecular flexibility index (Phi) is 6.93. The van der Waals surface area contributed by atoms with Crippen molar-refractivity contribution >= 4 is 5.91 Å². The third-order valence-electron chi connectivity index (χ3n) is 2.91. The molecular weight excluding hydrogens is 266 g/mol. The van der Waals surface area contributed by atoms with Gasteiger partial charge in [0, 0.05) is 12.5 Å². The Hall–Kier alpha value is -1.69. The first-order valence-corrected chi connectivity index (χ1v) is 6.55. The van der Waals surface area contributed by atoms with Crippen molar-refractivity contribution in [3.05, 3.63) is 29.8 Å². The highest BCUT2D eigenvalue weighted by Crippen LogP contribution is 2.19. The number of alkyl halides is 2. The summed E-state index contributed by atoms with van der Waals surface area (Å²) in [5, 5.41) is 3.29. The molecule has 0 fully saturated rings. The van der Waals surface area contributed by atoms with Gasteiger partial charge in [0.1, 0.15) is 5.75 Å². The predicted molar refractivity (Wildman–Crippen MR) is 72.5 cm³/mol. The van der Waals surface area contributed by atoms with E-state index in [9.17, 15) is 13.6 Å². The minimum Gasteiger partial charge on any atom is -0.435 e. The highest BCUT2D eigenvalue weighted by molar-refractivity contribution is 5.73. The zero-order valence-corrected chi connectivity index (χ0v) is 11.4. The maximum atomic E-state index is 12.0. The van der Waals surface area contributed by atoms with E-state index in [1.54, 1.807) is 12.1 Å². The van der Waals surface area contributed by atoms with Gasteiger partial charge in [-0.1, -0.05) is 12.1 Å². The quantitative estimate of drug-likeness (QED) is 0.686. The number of unbranched alkanes of at least 4 members (excludes halogenated alkanes) is 1. The smallest absolute Gasteiger partial charge is 0.387 e. The Morgan fingerprint density at radius 1 is 1.30 bits per heavy atom. The van der Waals surface area contributed by atoms with Crippen LogP contribution in [0, 0.1) is 0 Å². The van der Waals surface area contributed by atoms with Gasteiger partial charge in [0.2, 0.25) is 5.91 Å². The van der Waals surface area contributed by atoms with E-state index < -0.39 is 6.61 Å². The minimum absolute atomic E-state index is 0.101. The fourth-order valence-electron chi connectivity index (χ4n) is 1.80. The topological polar surface area (TPSA) is 64.3 Å². The van der Waals surface area contributed by atoms with Gasteiger partial charge in [0.15, 0.2) is 0 Å². The summed E-state index contributed by atoms with van der Waals surface area (Å²) in [6.45, 7) is -0.0532. The summed E-state index contributed by atoms with van der Waals surface area (Å²) in [6.07, 6.45) is 2.02.